The summed E-state index contributed by atoms with van der Waals surface area (Å²) in [7, 11) is 0. The molecule has 7 atom stereocenters. The molecule has 0 aromatic carbocycles. The Morgan fingerprint density at radius 1 is 0.559 bits per heavy atom. The van der Waals surface area contributed by atoms with Crippen molar-refractivity contribution in [2.75, 3.05) is 13.2 Å². The van der Waals surface area contributed by atoms with Crippen molar-refractivity contribution in [3.05, 3.63) is 24.3 Å². The van der Waals surface area contributed by atoms with Crippen molar-refractivity contribution in [2.24, 2.45) is 0 Å². The monoisotopic (exact) mass is 838 g/mol. The van der Waals surface area contributed by atoms with E-state index in [1.54, 1.807) is 6.08 Å². The van der Waals surface area contributed by atoms with Crippen molar-refractivity contribution in [3.8, 4) is 0 Å². The van der Waals surface area contributed by atoms with Crippen molar-refractivity contribution < 1.29 is 39.8 Å². The van der Waals surface area contributed by atoms with Gasteiger partial charge in [-0.15, -0.1) is 0 Å². The lowest BCUT2D eigenvalue weighted by Gasteiger charge is -2.40. The van der Waals surface area contributed by atoms with Crippen LogP contribution in [0.15, 0.2) is 24.3 Å². The van der Waals surface area contributed by atoms with Crippen LogP contribution in [0.5, 0.6) is 0 Å². The van der Waals surface area contributed by atoms with E-state index in [1.165, 1.54) is 161 Å². The van der Waals surface area contributed by atoms with Gasteiger partial charge >= 0.3 is 0 Å². The van der Waals surface area contributed by atoms with E-state index in [0.717, 1.165) is 51.4 Å². The third-order valence-electron chi connectivity index (χ3n) is 12.0. The zero-order chi connectivity index (χ0) is 43.0. The summed E-state index contributed by atoms with van der Waals surface area (Å²) in [5.74, 6) is -0.195. The van der Waals surface area contributed by atoms with Crippen LogP contribution in [0.1, 0.15) is 232 Å². The highest BCUT2D eigenvalue weighted by molar-refractivity contribution is 5.76. The second-order valence-electron chi connectivity index (χ2n) is 17.6. The number of nitrogens with one attached hydrogen (secondary N) is 1. The van der Waals surface area contributed by atoms with Gasteiger partial charge in [-0.25, -0.2) is 0 Å². The Morgan fingerprint density at radius 3 is 1.42 bits per heavy atom. The Balaban J connectivity index is 2.12. The Bertz CT molecular complexity index is 977. The Hall–Kier alpha value is -1.33. The van der Waals surface area contributed by atoms with Gasteiger partial charge in [0, 0.05) is 6.42 Å². The van der Waals surface area contributed by atoms with E-state index in [-0.39, 0.29) is 12.5 Å². The number of aliphatic hydroxyl groups is 5. The highest BCUT2D eigenvalue weighted by Crippen LogP contribution is 2.23. The number of ether oxygens (including phenoxy) is 2. The second-order valence-corrected chi connectivity index (χ2v) is 17.6. The fourth-order valence-electron chi connectivity index (χ4n) is 8.00. The zero-order valence-corrected chi connectivity index (χ0v) is 38.3. The molecule has 1 rings (SSSR count). The summed E-state index contributed by atoms with van der Waals surface area (Å²) in [6.45, 7) is 3.69. The smallest absolute Gasteiger partial charge is 0.220 e. The molecule has 7 unspecified atom stereocenters. The lowest BCUT2D eigenvalue weighted by atomic mass is 9.99. The van der Waals surface area contributed by atoms with Gasteiger partial charge in [-0.1, -0.05) is 218 Å². The number of aliphatic hydroxyl groups excluding tert-OH is 5. The number of carbonyl (C=O) groups is 1. The van der Waals surface area contributed by atoms with Gasteiger partial charge in [0.05, 0.1) is 25.4 Å². The van der Waals surface area contributed by atoms with Crippen LogP contribution in [0, 0.1) is 0 Å². The average Bonchev–Trinajstić information content (AvgIpc) is 3.23. The summed E-state index contributed by atoms with van der Waals surface area (Å²) in [4.78, 5) is 12.8. The maximum absolute atomic E-state index is 12.8. The highest BCUT2D eigenvalue weighted by Gasteiger charge is 2.44. The molecule has 1 aliphatic rings. The molecule has 0 aromatic rings. The summed E-state index contributed by atoms with van der Waals surface area (Å²) in [6, 6.07) is -0.814. The number of hydrogen-bond acceptors (Lipinski definition) is 8. The second kappa shape index (κ2) is 40.7. The van der Waals surface area contributed by atoms with Crippen LogP contribution >= 0.6 is 0 Å². The van der Waals surface area contributed by atoms with Crippen molar-refractivity contribution in [1.29, 1.82) is 0 Å². The molecule has 0 bridgehead atoms. The minimum absolute atomic E-state index is 0.195. The average molecular weight is 838 g/mol. The van der Waals surface area contributed by atoms with Crippen LogP contribution in [-0.2, 0) is 14.3 Å². The molecule has 1 heterocycles. The minimum atomic E-state index is -1.57. The van der Waals surface area contributed by atoms with E-state index in [1.807, 2.05) is 6.08 Å². The van der Waals surface area contributed by atoms with E-state index in [9.17, 15) is 30.3 Å². The molecule has 59 heavy (non-hydrogen) atoms. The fourth-order valence-corrected chi connectivity index (χ4v) is 8.00. The lowest BCUT2D eigenvalue weighted by Crippen LogP contribution is -2.60. The molecule has 0 spiro atoms. The normalized spacial score (nSPS) is 20.8. The van der Waals surface area contributed by atoms with Crippen LogP contribution in [0.3, 0.4) is 0 Å². The van der Waals surface area contributed by atoms with Gasteiger partial charge in [0.15, 0.2) is 6.29 Å². The van der Waals surface area contributed by atoms with E-state index >= 15 is 0 Å². The van der Waals surface area contributed by atoms with Gasteiger partial charge < -0.3 is 40.3 Å². The molecule has 0 aliphatic carbocycles. The quantitative estimate of drug-likeness (QED) is 0.0263. The Morgan fingerprint density at radius 2 is 0.966 bits per heavy atom. The van der Waals surface area contributed by atoms with Crippen LogP contribution in [-0.4, -0.2) is 87.5 Å². The largest absolute Gasteiger partial charge is 0.394 e. The van der Waals surface area contributed by atoms with Gasteiger partial charge in [-0.05, 0) is 32.1 Å². The van der Waals surface area contributed by atoms with Gasteiger partial charge in [0.2, 0.25) is 5.91 Å². The number of unbranched alkanes of at least 4 members (excludes halogenated alkanes) is 30. The van der Waals surface area contributed by atoms with Gasteiger partial charge in [0.1, 0.15) is 24.4 Å². The molecule has 1 fully saturated rings. The van der Waals surface area contributed by atoms with Crippen molar-refractivity contribution >= 4 is 5.91 Å². The van der Waals surface area contributed by atoms with Crippen LogP contribution in [0.4, 0.5) is 0 Å². The summed E-state index contributed by atoms with van der Waals surface area (Å²) >= 11 is 0. The van der Waals surface area contributed by atoms with Crippen molar-refractivity contribution in [3.63, 3.8) is 0 Å². The number of amides is 1. The third-order valence-corrected chi connectivity index (χ3v) is 12.0. The van der Waals surface area contributed by atoms with Crippen molar-refractivity contribution in [1.82, 2.24) is 5.32 Å². The summed E-state index contributed by atoms with van der Waals surface area (Å²) in [5, 5.41) is 53.9. The van der Waals surface area contributed by atoms with Crippen LogP contribution in [0.2, 0.25) is 0 Å². The predicted molar refractivity (Wildman–Crippen MR) is 244 cm³/mol. The van der Waals surface area contributed by atoms with E-state index in [0.29, 0.717) is 6.42 Å². The maximum Gasteiger partial charge on any atom is 0.220 e. The van der Waals surface area contributed by atoms with Crippen molar-refractivity contribution in [2.45, 2.75) is 275 Å². The van der Waals surface area contributed by atoms with Crippen LogP contribution < -0.4 is 5.32 Å². The molecular formula is C50H95NO8. The Kier molecular flexibility index (Phi) is 38.4. The summed E-state index contributed by atoms with van der Waals surface area (Å²) in [5.41, 5.74) is 0. The number of rotatable bonds is 42. The molecule has 1 saturated heterocycles. The molecule has 0 aromatic heterocycles. The molecular weight excluding hydrogens is 743 g/mol. The molecule has 9 nitrogen and oxygen atoms in total. The first-order chi connectivity index (χ1) is 28.8. The topological polar surface area (TPSA) is 149 Å². The van der Waals surface area contributed by atoms with Crippen LogP contribution in [0.25, 0.3) is 0 Å². The van der Waals surface area contributed by atoms with Gasteiger partial charge in [0.25, 0.3) is 0 Å². The third kappa shape index (κ3) is 31.2. The fraction of sp³-hybridized carbons (Fsp3) is 0.900. The molecule has 6 N–H and O–H groups in total. The number of carbonyl (C=O) groups excluding carboxylic acids is 1. The SMILES string of the molecule is CCCCCCCCCCCCCCCCCCCCCCCCCC/C=C/CC/C=C/C(O)C(COC1OC(CO)C(O)C(O)C1O)NC(=O)CCCCCCCC. The summed E-state index contributed by atoms with van der Waals surface area (Å²) in [6.07, 6.45) is 43.0. The van der Waals surface area contributed by atoms with E-state index in [4.69, 9.17) is 9.47 Å². The van der Waals surface area contributed by atoms with E-state index < -0.39 is 49.5 Å². The minimum Gasteiger partial charge on any atom is -0.394 e. The maximum atomic E-state index is 12.8. The molecule has 1 amide bonds. The van der Waals surface area contributed by atoms with Gasteiger partial charge in [-0.2, -0.15) is 0 Å². The molecule has 1 aliphatic heterocycles. The van der Waals surface area contributed by atoms with Gasteiger partial charge in [-0.3, -0.25) is 4.79 Å². The lowest BCUT2D eigenvalue weighted by molar-refractivity contribution is -0.302. The first kappa shape index (κ1) is 55.7. The summed E-state index contributed by atoms with van der Waals surface area (Å²) < 4.78 is 11.1. The first-order valence-electron chi connectivity index (χ1n) is 25.1. The predicted octanol–water partition coefficient (Wildman–Crippen LogP) is 11.1. The number of hydrogen-bond donors (Lipinski definition) is 6. The Labute approximate surface area is 362 Å². The highest BCUT2D eigenvalue weighted by atomic mass is 16.7. The number of allylic oxidation sites excluding steroid dienone is 3. The molecule has 0 radical (unpaired) electrons. The molecule has 0 saturated carbocycles. The molecule has 9 heteroatoms. The first-order valence-corrected chi connectivity index (χ1v) is 25.1. The molecule has 348 valence electrons. The zero-order valence-electron chi connectivity index (χ0n) is 38.3. The standard InChI is InChI=1S/C50H95NO8/c1-3-5-7-9-11-12-13-14-15-16-17-18-19-20-21-22-23-24-25-26-27-28-29-30-31-32-33-34-35-37-39-44(53)43(51-46(54)40-38-36-10-8-6-4-2)42-58-50-49(57)48(56)47(55)45(41-52)59-50/h32-33,37,39,43-45,47-50,52-53,55-57H,3-31,34-36,38,40-42H2,1-2H3,(H,51,54)/b33-32+,39-37+. The van der Waals surface area contributed by atoms with E-state index in [2.05, 4.69) is 31.3 Å².